The molecule has 2 bridgehead atoms. The second-order valence-corrected chi connectivity index (χ2v) is 6.00. The molecule has 0 unspecified atom stereocenters. The molecule has 4 heteroatoms. The fraction of sp³-hybridized carbons (Fsp3) is 0.375. The van der Waals surface area contributed by atoms with Crippen molar-refractivity contribution in [1.29, 1.82) is 0 Å². The van der Waals surface area contributed by atoms with E-state index in [9.17, 15) is 14.7 Å². The summed E-state index contributed by atoms with van der Waals surface area (Å²) in [5.41, 5.74) is 1.24. The van der Waals surface area contributed by atoms with Gasteiger partial charge in [0.1, 0.15) is 5.75 Å². The summed E-state index contributed by atoms with van der Waals surface area (Å²) in [7, 11) is 0. The maximum Gasteiger partial charge on any atom is 0.238 e. The minimum absolute atomic E-state index is 0.0161. The number of allylic oxidation sites excluding steroid dienone is 2. The van der Waals surface area contributed by atoms with E-state index in [1.807, 2.05) is 6.92 Å². The summed E-state index contributed by atoms with van der Waals surface area (Å²) < 4.78 is 0. The van der Waals surface area contributed by atoms with Crippen molar-refractivity contribution in [3.05, 3.63) is 35.9 Å². The molecule has 4 rings (SSSR count). The maximum absolute atomic E-state index is 12.6. The molecule has 0 radical (unpaired) electrons. The molecule has 2 fully saturated rings. The van der Waals surface area contributed by atoms with Crippen molar-refractivity contribution >= 4 is 17.5 Å². The molecule has 3 aliphatic rings. The molecule has 1 saturated carbocycles. The zero-order chi connectivity index (χ0) is 14.0. The summed E-state index contributed by atoms with van der Waals surface area (Å²) >= 11 is 0. The zero-order valence-corrected chi connectivity index (χ0v) is 11.1. The molecule has 2 aliphatic carbocycles. The van der Waals surface area contributed by atoms with Crippen molar-refractivity contribution in [2.75, 3.05) is 4.90 Å². The first-order valence-electron chi connectivity index (χ1n) is 6.93. The van der Waals surface area contributed by atoms with Crippen molar-refractivity contribution in [3.8, 4) is 5.75 Å². The lowest BCUT2D eigenvalue weighted by atomic mass is 9.85. The molecule has 4 nitrogen and oxygen atoms in total. The van der Waals surface area contributed by atoms with E-state index in [0.29, 0.717) is 5.69 Å². The van der Waals surface area contributed by atoms with Crippen LogP contribution in [0.5, 0.6) is 5.75 Å². The summed E-state index contributed by atoms with van der Waals surface area (Å²) in [6, 6.07) is 4.99. The molecule has 1 aliphatic heterocycles. The number of fused-ring (bicyclic) bond motifs is 5. The minimum atomic E-state index is -0.225. The Morgan fingerprint density at radius 2 is 1.70 bits per heavy atom. The molecule has 20 heavy (non-hydrogen) atoms. The number of phenolic OH excluding ortho intramolecular Hbond substituents is 1. The molecule has 1 heterocycles. The van der Waals surface area contributed by atoms with E-state index in [4.69, 9.17) is 0 Å². The quantitative estimate of drug-likeness (QED) is 0.626. The van der Waals surface area contributed by atoms with Crippen LogP contribution in [0.4, 0.5) is 5.69 Å². The van der Waals surface area contributed by atoms with Crippen LogP contribution in [0.3, 0.4) is 0 Å². The molecule has 1 saturated heterocycles. The Kier molecular flexibility index (Phi) is 2.18. The van der Waals surface area contributed by atoms with Gasteiger partial charge in [0.2, 0.25) is 11.8 Å². The molecule has 1 aromatic carbocycles. The van der Waals surface area contributed by atoms with Crippen LogP contribution >= 0.6 is 0 Å². The highest BCUT2D eigenvalue weighted by atomic mass is 16.3. The topological polar surface area (TPSA) is 57.6 Å². The number of aryl methyl sites for hydroxylation is 1. The lowest BCUT2D eigenvalue weighted by Gasteiger charge is -2.18. The highest BCUT2D eigenvalue weighted by molar-refractivity contribution is 6.23. The number of benzene rings is 1. The van der Waals surface area contributed by atoms with Crippen LogP contribution < -0.4 is 4.90 Å². The van der Waals surface area contributed by atoms with Crippen molar-refractivity contribution in [2.45, 2.75) is 13.3 Å². The predicted molar refractivity (Wildman–Crippen MR) is 73.1 cm³/mol. The first kappa shape index (κ1) is 11.7. The lowest BCUT2D eigenvalue weighted by molar-refractivity contribution is -0.123. The number of nitrogens with zero attached hydrogens (tertiary/aromatic N) is 1. The summed E-state index contributed by atoms with van der Waals surface area (Å²) in [6.07, 6.45) is 5.05. The number of anilines is 1. The van der Waals surface area contributed by atoms with E-state index < -0.39 is 0 Å². The van der Waals surface area contributed by atoms with Crippen LogP contribution in [0.15, 0.2) is 30.4 Å². The van der Waals surface area contributed by atoms with Crippen molar-refractivity contribution < 1.29 is 14.7 Å². The fourth-order valence-corrected chi connectivity index (χ4v) is 3.95. The van der Waals surface area contributed by atoms with Gasteiger partial charge >= 0.3 is 0 Å². The van der Waals surface area contributed by atoms with Gasteiger partial charge in [-0.2, -0.15) is 0 Å². The number of hydrogen-bond donors (Lipinski definition) is 1. The van der Waals surface area contributed by atoms with E-state index >= 15 is 0 Å². The molecule has 0 aromatic heterocycles. The van der Waals surface area contributed by atoms with Gasteiger partial charge in [-0.3, -0.25) is 9.59 Å². The lowest BCUT2D eigenvalue weighted by Crippen LogP contribution is -2.32. The average molecular weight is 269 g/mol. The van der Waals surface area contributed by atoms with Gasteiger partial charge < -0.3 is 5.11 Å². The number of amides is 2. The van der Waals surface area contributed by atoms with Crippen LogP contribution in [-0.2, 0) is 9.59 Å². The van der Waals surface area contributed by atoms with Gasteiger partial charge in [-0.05, 0) is 42.9 Å². The Balaban J connectivity index is 1.80. The number of phenols is 1. The van der Waals surface area contributed by atoms with Crippen molar-refractivity contribution in [2.24, 2.45) is 23.7 Å². The zero-order valence-electron chi connectivity index (χ0n) is 11.1. The average Bonchev–Trinajstić information content (AvgIpc) is 3.08. The minimum Gasteiger partial charge on any atom is -0.506 e. The monoisotopic (exact) mass is 269 g/mol. The first-order valence-corrected chi connectivity index (χ1v) is 6.93. The second-order valence-electron chi connectivity index (χ2n) is 6.00. The third-order valence-electron chi connectivity index (χ3n) is 4.84. The summed E-state index contributed by atoms with van der Waals surface area (Å²) in [5, 5.41) is 9.98. The highest BCUT2D eigenvalue weighted by Crippen LogP contribution is 2.53. The van der Waals surface area contributed by atoms with Gasteiger partial charge in [0.05, 0.1) is 17.5 Å². The Morgan fingerprint density at radius 3 is 2.30 bits per heavy atom. The van der Waals surface area contributed by atoms with Crippen LogP contribution in [0, 0.1) is 30.6 Å². The Hall–Kier alpha value is -2.10. The summed E-state index contributed by atoms with van der Waals surface area (Å²) in [6.45, 7) is 1.88. The van der Waals surface area contributed by atoms with Gasteiger partial charge in [0, 0.05) is 0 Å². The van der Waals surface area contributed by atoms with Crippen LogP contribution in [0.2, 0.25) is 0 Å². The summed E-state index contributed by atoms with van der Waals surface area (Å²) in [4.78, 5) is 26.4. The third kappa shape index (κ3) is 1.31. The largest absolute Gasteiger partial charge is 0.506 e. The number of carbonyl (C=O) groups is 2. The predicted octanol–water partition coefficient (Wildman–Crippen LogP) is 2.01. The normalized spacial score (nSPS) is 34.1. The van der Waals surface area contributed by atoms with E-state index in [0.717, 1.165) is 12.0 Å². The Morgan fingerprint density at radius 1 is 1.10 bits per heavy atom. The van der Waals surface area contributed by atoms with Crippen LogP contribution in [-0.4, -0.2) is 16.9 Å². The summed E-state index contributed by atoms with van der Waals surface area (Å²) in [5.74, 6) is -0.389. The first-order chi connectivity index (χ1) is 9.58. The maximum atomic E-state index is 12.6. The Bertz CT molecular complexity index is 634. The number of aromatic hydroxyl groups is 1. The molecule has 102 valence electrons. The standard InChI is InChI=1S/C16H15NO3/c1-8-2-5-12(18)11(6-8)17-15(19)13-9-3-4-10(7-9)14(13)16(17)20/h2-6,9-10,13-14,18H,7H2,1H3/t9-,10+,13-,14-/m0/s1. The number of carbonyl (C=O) groups excluding carboxylic acids is 2. The molecule has 1 aromatic rings. The highest BCUT2D eigenvalue weighted by Gasteiger charge is 2.59. The molecule has 1 N–H and O–H groups in total. The van der Waals surface area contributed by atoms with E-state index in [2.05, 4.69) is 12.2 Å². The van der Waals surface area contributed by atoms with Gasteiger partial charge in [-0.25, -0.2) is 4.90 Å². The van der Waals surface area contributed by atoms with Gasteiger partial charge in [0.15, 0.2) is 0 Å². The number of hydrogen-bond acceptors (Lipinski definition) is 3. The van der Waals surface area contributed by atoms with Gasteiger partial charge in [-0.15, -0.1) is 0 Å². The van der Waals surface area contributed by atoms with E-state index in [1.54, 1.807) is 12.1 Å². The fourth-order valence-electron chi connectivity index (χ4n) is 3.95. The van der Waals surface area contributed by atoms with Crippen molar-refractivity contribution in [3.63, 3.8) is 0 Å². The van der Waals surface area contributed by atoms with Crippen molar-refractivity contribution in [1.82, 2.24) is 0 Å². The van der Waals surface area contributed by atoms with E-state index in [-0.39, 0.29) is 41.2 Å². The van der Waals surface area contributed by atoms with Gasteiger partial charge in [0.25, 0.3) is 0 Å². The van der Waals surface area contributed by atoms with Crippen LogP contribution in [0.1, 0.15) is 12.0 Å². The molecule has 0 spiro atoms. The smallest absolute Gasteiger partial charge is 0.238 e. The third-order valence-corrected chi connectivity index (χ3v) is 4.84. The number of rotatable bonds is 1. The SMILES string of the molecule is Cc1ccc(O)c(N2C(=O)[C@@H]3[C@@H](C2=O)[C@H]2C=C[C@@H]3C2)c1. The van der Waals surface area contributed by atoms with Gasteiger partial charge in [-0.1, -0.05) is 18.2 Å². The molecular formula is C16H15NO3. The molecule has 2 amide bonds. The molecular weight excluding hydrogens is 254 g/mol. The van der Waals surface area contributed by atoms with E-state index in [1.165, 1.54) is 11.0 Å². The molecule has 4 atom stereocenters. The second kappa shape index (κ2) is 3.72. The number of imide groups is 1. The van der Waals surface area contributed by atoms with Crippen LogP contribution in [0.25, 0.3) is 0 Å². The Labute approximate surface area is 116 Å².